The number of morpholine rings is 1. The molecule has 1 aromatic heterocycles. The maximum absolute atomic E-state index is 6.25. The number of hydrogen-bond donors (Lipinski definition) is 2. The van der Waals surface area contributed by atoms with Crippen molar-refractivity contribution in [3.8, 4) is 0 Å². The molecule has 0 spiro atoms. The molecule has 1 saturated heterocycles. The summed E-state index contributed by atoms with van der Waals surface area (Å²) in [5.41, 5.74) is 11.4. The molecule has 112 valence electrons. The number of aromatic nitrogens is 1. The zero-order chi connectivity index (χ0) is 14.7. The molecular formula is C15H19ClN4O. The summed E-state index contributed by atoms with van der Waals surface area (Å²) in [5, 5.41) is 3.83. The first-order valence-electron chi connectivity index (χ1n) is 7.11. The Hall–Kier alpha value is -1.24. The van der Waals surface area contributed by atoms with Crippen LogP contribution in [0, 0.1) is 0 Å². The third-order valence-corrected chi connectivity index (χ3v) is 4.04. The van der Waals surface area contributed by atoms with E-state index in [1.807, 2.05) is 24.3 Å². The van der Waals surface area contributed by atoms with Crippen molar-refractivity contribution >= 4 is 22.5 Å². The fourth-order valence-corrected chi connectivity index (χ4v) is 2.82. The lowest BCUT2D eigenvalue weighted by molar-refractivity contribution is 0.00415. The number of hydrogen-bond acceptors (Lipinski definition) is 5. The molecule has 2 heterocycles. The summed E-state index contributed by atoms with van der Waals surface area (Å²) in [5.74, 6) is 0. The van der Waals surface area contributed by atoms with E-state index in [1.54, 1.807) is 6.20 Å². The van der Waals surface area contributed by atoms with Crippen molar-refractivity contribution in [1.82, 2.24) is 15.4 Å². The molecule has 0 amide bonds. The quantitative estimate of drug-likeness (QED) is 0.900. The highest BCUT2D eigenvalue weighted by Gasteiger charge is 2.19. The molecular weight excluding hydrogens is 288 g/mol. The molecule has 1 aliphatic rings. The Morgan fingerprint density at radius 1 is 1.33 bits per heavy atom. The van der Waals surface area contributed by atoms with Gasteiger partial charge in [-0.15, -0.1) is 0 Å². The minimum absolute atomic E-state index is 0.0118. The van der Waals surface area contributed by atoms with Crippen LogP contribution in [0.3, 0.4) is 0 Å². The van der Waals surface area contributed by atoms with E-state index in [2.05, 4.69) is 15.4 Å². The van der Waals surface area contributed by atoms with Crippen molar-refractivity contribution in [2.24, 2.45) is 5.73 Å². The molecule has 2 aromatic rings. The average molecular weight is 307 g/mol. The number of ether oxygens (including phenoxy) is 1. The van der Waals surface area contributed by atoms with Crippen LogP contribution in [0.4, 0.5) is 0 Å². The summed E-state index contributed by atoms with van der Waals surface area (Å²) in [4.78, 5) is 4.48. The molecule has 1 fully saturated rings. The second-order valence-corrected chi connectivity index (χ2v) is 5.46. The Balaban J connectivity index is 1.91. The van der Waals surface area contributed by atoms with Crippen LogP contribution in [0.1, 0.15) is 11.6 Å². The molecule has 3 N–H and O–H groups in total. The largest absolute Gasteiger partial charge is 0.379 e. The fourth-order valence-electron chi connectivity index (χ4n) is 2.60. The number of nitrogens with zero attached hydrogens (tertiary/aromatic N) is 2. The van der Waals surface area contributed by atoms with Crippen molar-refractivity contribution in [2.75, 3.05) is 32.8 Å². The van der Waals surface area contributed by atoms with E-state index in [9.17, 15) is 0 Å². The molecule has 0 saturated carbocycles. The van der Waals surface area contributed by atoms with E-state index in [1.165, 1.54) is 0 Å². The summed E-state index contributed by atoms with van der Waals surface area (Å²) in [6.07, 6.45) is 1.78. The summed E-state index contributed by atoms with van der Waals surface area (Å²) in [6, 6.07) is 7.80. The van der Waals surface area contributed by atoms with Crippen LogP contribution >= 0.6 is 11.6 Å². The van der Waals surface area contributed by atoms with Crippen molar-refractivity contribution in [3.63, 3.8) is 0 Å². The first-order valence-corrected chi connectivity index (χ1v) is 7.49. The lowest BCUT2D eigenvalue weighted by Gasteiger charge is -2.31. The second-order valence-electron chi connectivity index (χ2n) is 5.05. The monoisotopic (exact) mass is 306 g/mol. The van der Waals surface area contributed by atoms with Gasteiger partial charge in [0.15, 0.2) is 0 Å². The summed E-state index contributed by atoms with van der Waals surface area (Å²) in [6.45, 7) is 3.68. The van der Waals surface area contributed by atoms with Crippen LogP contribution in [0.15, 0.2) is 30.5 Å². The van der Waals surface area contributed by atoms with Crippen LogP contribution in [-0.2, 0) is 4.74 Å². The molecule has 1 aliphatic heterocycles. The van der Waals surface area contributed by atoms with Crippen LogP contribution in [0.25, 0.3) is 10.9 Å². The van der Waals surface area contributed by atoms with Gasteiger partial charge in [-0.05, 0) is 23.8 Å². The van der Waals surface area contributed by atoms with E-state index in [0.717, 1.165) is 42.8 Å². The van der Waals surface area contributed by atoms with E-state index >= 15 is 0 Å². The normalized spacial score (nSPS) is 18.0. The minimum Gasteiger partial charge on any atom is -0.379 e. The first kappa shape index (κ1) is 14.7. The number of fused-ring (bicyclic) bond motifs is 1. The van der Waals surface area contributed by atoms with Gasteiger partial charge in [-0.1, -0.05) is 17.7 Å². The molecule has 3 rings (SSSR count). The average Bonchev–Trinajstić information content (AvgIpc) is 2.55. The summed E-state index contributed by atoms with van der Waals surface area (Å²) in [7, 11) is 0. The number of benzene rings is 1. The van der Waals surface area contributed by atoms with Gasteiger partial charge >= 0.3 is 0 Å². The Morgan fingerprint density at radius 3 is 2.90 bits per heavy atom. The standard InChI is InChI=1S/C15H19ClN4O/c16-13-4-3-12(15-11(13)2-1-5-18-15)14(10-17)19-20-6-8-21-9-7-20/h1-5,14,19H,6-10,17H2. The molecule has 6 heteroatoms. The molecule has 0 bridgehead atoms. The number of halogens is 1. The van der Waals surface area contributed by atoms with Crippen molar-refractivity contribution < 1.29 is 4.74 Å². The fraction of sp³-hybridized carbons (Fsp3) is 0.400. The van der Waals surface area contributed by atoms with Crippen molar-refractivity contribution in [2.45, 2.75) is 6.04 Å². The van der Waals surface area contributed by atoms with Gasteiger partial charge in [-0.3, -0.25) is 4.98 Å². The summed E-state index contributed by atoms with van der Waals surface area (Å²) >= 11 is 6.25. The zero-order valence-corrected chi connectivity index (χ0v) is 12.5. The molecule has 1 aromatic carbocycles. The lowest BCUT2D eigenvalue weighted by atomic mass is 10.0. The van der Waals surface area contributed by atoms with E-state index in [4.69, 9.17) is 22.1 Å². The Bertz CT molecular complexity index is 616. The first-order chi connectivity index (χ1) is 10.3. The van der Waals surface area contributed by atoms with Crippen LogP contribution < -0.4 is 11.2 Å². The molecule has 21 heavy (non-hydrogen) atoms. The third kappa shape index (κ3) is 3.17. The topological polar surface area (TPSA) is 63.4 Å². The van der Waals surface area contributed by atoms with Gasteiger partial charge in [0.2, 0.25) is 0 Å². The van der Waals surface area contributed by atoms with Crippen LogP contribution in [0.2, 0.25) is 5.02 Å². The molecule has 1 atom stereocenters. The molecule has 1 unspecified atom stereocenters. The number of hydrazine groups is 1. The third-order valence-electron chi connectivity index (χ3n) is 3.71. The van der Waals surface area contributed by atoms with Gasteiger partial charge in [0, 0.05) is 36.2 Å². The number of pyridine rings is 1. The van der Waals surface area contributed by atoms with Crippen molar-refractivity contribution in [1.29, 1.82) is 0 Å². The van der Waals surface area contributed by atoms with Crippen LogP contribution in [0.5, 0.6) is 0 Å². The molecule has 5 nitrogen and oxygen atoms in total. The number of rotatable bonds is 4. The maximum atomic E-state index is 6.25. The smallest absolute Gasteiger partial charge is 0.0765 e. The molecule has 0 radical (unpaired) electrons. The van der Waals surface area contributed by atoms with Crippen molar-refractivity contribution in [3.05, 3.63) is 41.0 Å². The minimum atomic E-state index is 0.0118. The van der Waals surface area contributed by atoms with Gasteiger partial charge in [-0.2, -0.15) is 0 Å². The predicted molar refractivity (Wildman–Crippen MR) is 84.1 cm³/mol. The Morgan fingerprint density at radius 2 is 2.14 bits per heavy atom. The second kappa shape index (κ2) is 6.68. The Kier molecular flexibility index (Phi) is 4.67. The van der Waals surface area contributed by atoms with E-state index < -0.39 is 0 Å². The van der Waals surface area contributed by atoms with Gasteiger partial charge < -0.3 is 10.5 Å². The SMILES string of the molecule is NCC(NN1CCOCC1)c1ccc(Cl)c2cccnc12. The van der Waals surface area contributed by atoms with E-state index in [0.29, 0.717) is 11.6 Å². The van der Waals surface area contributed by atoms with Gasteiger partial charge in [-0.25, -0.2) is 10.4 Å². The highest BCUT2D eigenvalue weighted by Crippen LogP contribution is 2.28. The van der Waals surface area contributed by atoms with Gasteiger partial charge in [0.05, 0.1) is 24.8 Å². The predicted octanol–water partition coefficient (Wildman–Crippen LogP) is 1.72. The Labute approximate surface area is 129 Å². The number of nitrogens with one attached hydrogen (secondary N) is 1. The molecule has 0 aliphatic carbocycles. The number of nitrogens with two attached hydrogens (primary N) is 1. The zero-order valence-electron chi connectivity index (χ0n) is 11.8. The summed E-state index contributed by atoms with van der Waals surface area (Å²) < 4.78 is 5.36. The highest BCUT2D eigenvalue weighted by molar-refractivity contribution is 6.35. The highest BCUT2D eigenvalue weighted by atomic mass is 35.5. The lowest BCUT2D eigenvalue weighted by Crippen LogP contribution is -2.48. The maximum Gasteiger partial charge on any atom is 0.0765 e. The van der Waals surface area contributed by atoms with Gasteiger partial charge in [0.1, 0.15) is 0 Å². The van der Waals surface area contributed by atoms with Gasteiger partial charge in [0.25, 0.3) is 0 Å². The van der Waals surface area contributed by atoms with Crippen LogP contribution in [-0.4, -0.2) is 42.8 Å². The van der Waals surface area contributed by atoms with E-state index in [-0.39, 0.29) is 6.04 Å².